The molecular weight excluding hydrogens is 405 g/mol. The zero-order chi connectivity index (χ0) is 22.3. The Morgan fingerprint density at radius 2 is 2.10 bits per heavy atom. The molecule has 4 rings (SSSR count). The van der Waals surface area contributed by atoms with E-state index >= 15 is 0 Å². The molecule has 2 aromatic rings. The number of carbonyl (C=O) groups is 2. The quantitative estimate of drug-likeness (QED) is 0.544. The van der Waals surface area contributed by atoms with Crippen LogP contribution in [0.5, 0.6) is 0 Å². The third-order valence-corrected chi connectivity index (χ3v) is 5.14. The van der Waals surface area contributed by atoms with Crippen LogP contribution in [0.4, 0.5) is 15.9 Å². The van der Waals surface area contributed by atoms with Gasteiger partial charge in [-0.05, 0) is 50.3 Å². The zero-order valence-corrected chi connectivity index (χ0v) is 16.8. The van der Waals surface area contributed by atoms with Crippen molar-refractivity contribution in [2.24, 2.45) is 0 Å². The molecule has 0 bridgehead atoms. The molecule has 9 heteroatoms. The summed E-state index contributed by atoms with van der Waals surface area (Å²) in [6.07, 6.45) is 3.28. The number of carbonyl (C=O) groups excluding carboxylic acids is 1. The van der Waals surface area contributed by atoms with Crippen LogP contribution < -0.4 is 10.6 Å². The number of fused-ring (bicyclic) bond motifs is 1. The van der Waals surface area contributed by atoms with E-state index in [2.05, 4.69) is 15.6 Å². The number of amides is 1. The molecule has 160 valence electrons. The number of halogens is 1. The molecule has 0 saturated carbocycles. The van der Waals surface area contributed by atoms with Crippen LogP contribution in [0, 0.1) is 5.82 Å². The van der Waals surface area contributed by atoms with E-state index in [0.29, 0.717) is 28.4 Å². The van der Waals surface area contributed by atoms with Crippen molar-refractivity contribution in [2.45, 2.75) is 25.5 Å². The molecule has 1 aromatic carbocycles. The Hall–Kier alpha value is -3.72. The van der Waals surface area contributed by atoms with Gasteiger partial charge < -0.3 is 25.6 Å². The Morgan fingerprint density at radius 3 is 2.74 bits per heavy atom. The SMILES string of the molecule is CC1(C)O/C(=C2/C(=O)Nc3ccc(F)cc32)C=C1c1ccc(N[C@@H](CO)C(=O)O)nc1. The number of rotatable bonds is 5. The fraction of sp³-hybridized carbons (Fsp3) is 0.227. The van der Waals surface area contributed by atoms with Crippen LogP contribution in [-0.2, 0) is 14.3 Å². The molecule has 0 saturated heterocycles. The first kappa shape index (κ1) is 20.5. The van der Waals surface area contributed by atoms with Gasteiger partial charge in [0.15, 0.2) is 0 Å². The van der Waals surface area contributed by atoms with Gasteiger partial charge in [-0.2, -0.15) is 0 Å². The molecule has 8 nitrogen and oxygen atoms in total. The second kappa shape index (κ2) is 7.51. The molecule has 2 aliphatic heterocycles. The highest BCUT2D eigenvalue weighted by Gasteiger charge is 2.38. The minimum atomic E-state index is -1.19. The molecule has 1 amide bonds. The van der Waals surface area contributed by atoms with Crippen molar-refractivity contribution < 1.29 is 28.9 Å². The number of aliphatic hydroxyl groups excluding tert-OH is 1. The molecule has 0 unspecified atom stereocenters. The number of allylic oxidation sites excluding steroid dienone is 1. The van der Waals surface area contributed by atoms with E-state index in [-0.39, 0.29) is 11.5 Å². The number of nitrogens with one attached hydrogen (secondary N) is 2. The molecule has 0 spiro atoms. The fourth-order valence-corrected chi connectivity index (χ4v) is 3.60. The van der Waals surface area contributed by atoms with E-state index in [1.807, 2.05) is 13.8 Å². The molecule has 4 N–H and O–H groups in total. The molecular formula is C22H20FN3O5. The first-order valence-electron chi connectivity index (χ1n) is 9.53. The number of pyridine rings is 1. The number of carboxylic acid groups (broad SMARTS) is 1. The van der Waals surface area contributed by atoms with Gasteiger partial charge in [-0.25, -0.2) is 14.2 Å². The van der Waals surface area contributed by atoms with Crippen molar-refractivity contribution >= 4 is 34.5 Å². The molecule has 3 heterocycles. The van der Waals surface area contributed by atoms with Crippen LogP contribution in [0.15, 0.2) is 48.4 Å². The fourth-order valence-electron chi connectivity index (χ4n) is 3.60. The number of anilines is 2. The number of carboxylic acids is 1. The second-order valence-electron chi connectivity index (χ2n) is 7.70. The molecule has 1 aromatic heterocycles. The van der Waals surface area contributed by atoms with E-state index in [9.17, 15) is 14.0 Å². The molecule has 0 radical (unpaired) electrons. The number of nitrogens with zero attached hydrogens (tertiary/aromatic N) is 1. The lowest BCUT2D eigenvalue weighted by molar-refractivity contribution is -0.138. The Kier molecular flexibility index (Phi) is 4.98. The van der Waals surface area contributed by atoms with Crippen LogP contribution in [0.3, 0.4) is 0 Å². The summed E-state index contributed by atoms with van der Waals surface area (Å²) in [5, 5.41) is 23.5. The predicted molar refractivity (Wildman–Crippen MR) is 111 cm³/mol. The van der Waals surface area contributed by atoms with Crippen molar-refractivity contribution in [3.8, 4) is 0 Å². The van der Waals surface area contributed by atoms with Crippen LogP contribution in [-0.4, -0.2) is 45.3 Å². The predicted octanol–water partition coefficient (Wildman–Crippen LogP) is 2.63. The summed E-state index contributed by atoms with van der Waals surface area (Å²) in [7, 11) is 0. The number of aromatic nitrogens is 1. The van der Waals surface area contributed by atoms with Gasteiger partial charge in [-0.3, -0.25) is 4.79 Å². The highest BCUT2D eigenvalue weighted by Crippen LogP contribution is 2.44. The lowest BCUT2D eigenvalue weighted by atomic mass is 9.93. The number of hydrogen-bond acceptors (Lipinski definition) is 6. The zero-order valence-electron chi connectivity index (χ0n) is 16.8. The van der Waals surface area contributed by atoms with Gasteiger partial charge in [-0.15, -0.1) is 0 Å². The Bertz CT molecular complexity index is 1140. The average molecular weight is 425 g/mol. The van der Waals surface area contributed by atoms with E-state index in [1.165, 1.54) is 18.2 Å². The highest BCUT2D eigenvalue weighted by atomic mass is 19.1. The monoisotopic (exact) mass is 425 g/mol. The summed E-state index contributed by atoms with van der Waals surface area (Å²) in [6, 6.07) is 6.24. The lowest BCUT2D eigenvalue weighted by Crippen LogP contribution is -2.33. The van der Waals surface area contributed by atoms with Crippen LogP contribution in [0.25, 0.3) is 11.1 Å². The smallest absolute Gasteiger partial charge is 0.328 e. The van der Waals surface area contributed by atoms with E-state index < -0.39 is 30.0 Å². The van der Waals surface area contributed by atoms with Crippen molar-refractivity contribution in [2.75, 3.05) is 17.2 Å². The van der Waals surface area contributed by atoms with E-state index in [0.717, 1.165) is 5.57 Å². The topological polar surface area (TPSA) is 121 Å². The largest absolute Gasteiger partial charge is 0.482 e. The van der Waals surface area contributed by atoms with Crippen LogP contribution in [0.1, 0.15) is 25.0 Å². The first-order valence-corrected chi connectivity index (χ1v) is 9.53. The van der Waals surface area contributed by atoms with E-state index in [1.54, 1.807) is 24.4 Å². The van der Waals surface area contributed by atoms with Gasteiger partial charge in [0, 0.05) is 28.6 Å². The summed E-state index contributed by atoms with van der Waals surface area (Å²) >= 11 is 0. The number of benzene rings is 1. The first-order chi connectivity index (χ1) is 14.7. The lowest BCUT2D eigenvalue weighted by Gasteiger charge is -2.23. The van der Waals surface area contributed by atoms with Crippen LogP contribution in [0.2, 0.25) is 0 Å². The number of hydrogen-bond donors (Lipinski definition) is 4. The third kappa shape index (κ3) is 3.75. The third-order valence-electron chi connectivity index (χ3n) is 5.14. The Balaban J connectivity index is 1.69. The number of ether oxygens (including phenoxy) is 1. The van der Waals surface area contributed by atoms with Crippen molar-refractivity contribution in [3.63, 3.8) is 0 Å². The van der Waals surface area contributed by atoms with Gasteiger partial charge in [0.2, 0.25) is 0 Å². The van der Waals surface area contributed by atoms with Gasteiger partial charge in [0.05, 0.1) is 12.2 Å². The number of aliphatic hydroxyl groups is 1. The van der Waals surface area contributed by atoms with Gasteiger partial charge >= 0.3 is 5.97 Å². The normalized spacial score (nSPS) is 19.9. The molecule has 0 fully saturated rings. The van der Waals surface area contributed by atoms with Gasteiger partial charge in [0.1, 0.15) is 29.0 Å². The highest BCUT2D eigenvalue weighted by molar-refractivity contribution is 6.32. The molecule has 2 aliphatic rings. The summed E-state index contributed by atoms with van der Waals surface area (Å²) < 4.78 is 19.8. The minimum absolute atomic E-state index is 0.260. The van der Waals surface area contributed by atoms with Gasteiger partial charge in [0.25, 0.3) is 5.91 Å². The van der Waals surface area contributed by atoms with Gasteiger partial charge in [-0.1, -0.05) is 0 Å². The summed E-state index contributed by atoms with van der Waals surface area (Å²) in [4.78, 5) is 27.8. The Labute approximate surface area is 177 Å². The van der Waals surface area contributed by atoms with Crippen LogP contribution >= 0.6 is 0 Å². The summed E-state index contributed by atoms with van der Waals surface area (Å²) in [5.74, 6) is -1.39. The molecule has 1 atom stereocenters. The maximum Gasteiger partial charge on any atom is 0.328 e. The average Bonchev–Trinajstić information content (AvgIpc) is 3.20. The summed E-state index contributed by atoms with van der Waals surface area (Å²) in [5.41, 5.74) is 1.89. The summed E-state index contributed by atoms with van der Waals surface area (Å²) in [6.45, 7) is 3.10. The minimum Gasteiger partial charge on any atom is -0.482 e. The number of aliphatic carboxylic acids is 1. The van der Waals surface area contributed by atoms with Crippen molar-refractivity contribution in [1.29, 1.82) is 0 Å². The molecule has 0 aliphatic carbocycles. The van der Waals surface area contributed by atoms with Crippen molar-refractivity contribution in [3.05, 3.63) is 65.3 Å². The van der Waals surface area contributed by atoms with E-state index in [4.69, 9.17) is 14.9 Å². The molecule has 31 heavy (non-hydrogen) atoms. The maximum atomic E-state index is 13.8. The Morgan fingerprint density at radius 1 is 1.32 bits per heavy atom. The maximum absolute atomic E-state index is 13.8. The standard InChI is InChI=1S/C22H20FN3O5/c1-22(2)14(11-3-6-18(24-9-11)25-16(10-27)21(29)30)8-17(31-22)19-13-7-12(23)4-5-15(13)26-20(19)28/h3-9,16,27H,10H2,1-2H3,(H,24,25)(H,26,28)(H,29,30)/b19-17+/t16-/m0/s1. The van der Waals surface area contributed by atoms with Crippen molar-refractivity contribution in [1.82, 2.24) is 4.98 Å². The second-order valence-corrected chi connectivity index (χ2v) is 7.70.